The lowest BCUT2D eigenvalue weighted by atomic mass is 9.96. The maximum absolute atomic E-state index is 12.5. The summed E-state index contributed by atoms with van der Waals surface area (Å²) in [5.74, 6) is 0.884. The summed E-state index contributed by atoms with van der Waals surface area (Å²) in [7, 11) is 0. The van der Waals surface area contributed by atoms with Crippen molar-refractivity contribution in [3.63, 3.8) is 0 Å². The number of carbonyl (C=O) groups is 2. The minimum atomic E-state index is -0.111. The van der Waals surface area contributed by atoms with Gasteiger partial charge in [-0.05, 0) is 37.1 Å². The molecule has 3 N–H and O–H groups in total. The van der Waals surface area contributed by atoms with E-state index >= 15 is 0 Å². The number of urea groups is 1. The van der Waals surface area contributed by atoms with Gasteiger partial charge in [0.1, 0.15) is 5.82 Å². The van der Waals surface area contributed by atoms with Gasteiger partial charge in [-0.1, -0.05) is 30.3 Å². The zero-order chi connectivity index (χ0) is 20.1. The van der Waals surface area contributed by atoms with Crippen molar-refractivity contribution in [2.24, 2.45) is 5.92 Å². The number of aromatic nitrogens is 2. The van der Waals surface area contributed by atoms with Crippen LogP contribution in [0, 0.1) is 5.92 Å². The van der Waals surface area contributed by atoms with Crippen LogP contribution in [-0.4, -0.2) is 46.4 Å². The largest absolute Gasteiger partial charge is 0.355 e. The number of anilines is 1. The predicted octanol–water partition coefficient (Wildman–Crippen LogP) is 3.17. The maximum atomic E-state index is 12.5. The summed E-state index contributed by atoms with van der Waals surface area (Å²) in [6, 6.07) is 17.2. The molecule has 0 unspecified atom stereocenters. The Morgan fingerprint density at radius 2 is 1.76 bits per heavy atom. The smallest absolute Gasteiger partial charge is 0.321 e. The second-order valence-corrected chi connectivity index (χ2v) is 7.30. The number of likely N-dealkylation sites (tertiary alicyclic amines) is 1. The van der Waals surface area contributed by atoms with Gasteiger partial charge in [0.25, 0.3) is 0 Å². The number of rotatable bonds is 5. The lowest BCUT2D eigenvalue weighted by Gasteiger charge is -2.31. The molecule has 1 saturated heterocycles. The molecule has 1 fully saturated rings. The quantitative estimate of drug-likeness (QED) is 0.624. The van der Waals surface area contributed by atoms with Crippen LogP contribution >= 0.6 is 0 Å². The third kappa shape index (κ3) is 4.74. The highest BCUT2D eigenvalue weighted by molar-refractivity contribution is 5.89. The van der Waals surface area contributed by atoms with Crippen LogP contribution in [0.5, 0.6) is 0 Å². The highest BCUT2D eigenvalue weighted by atomic mass is 16.2. The Balaban J connectivity index is 1.20. The third-order valence-corrected chi connectivity index (χ3v) is 5.28. The van der Waals surface area contributed by atoms with Gasteiger partial charge in [-0.2, -0.15) is 0 Å². The normalized spacial score (nSPS) is 14.7. The van der Waals surface area contributed by atoms with Gasteiger partial charge in [-0.3, -0.25) is 4.79 Å². The van der Waals surface area contributed by atoms with Crippen molar-refractivity contribution in [2.75, 3.05) is 25.0 Å². The van der Waals surface area contributed by atoms with E-state index in [4.69, 9.17) is 0 Å². The minimum Gasteiger partial charge on any atom is -0.355 e. The Morgan fingerprint density at radius 3 is 2.52 bits per heavy atom. The number of piperidine rings is 1. The molecule has 7 nitrogen and oxygen atoms in total. The van der Waals surface area contributed by atoms with E-state index in [1.165, 1.54) is 0 Å². The van der Waals surface area contributed by atoms with Crippen molar-refractivity contribution >= 4 is 28.7 Å². The molecule has 0 spiro atoms. The summed E-state index contributed by atoms with van der Waals surface area (Å²) in [4.78, 5) is 34.4. The fourth-order valence-electron chi connectivity index (χ4n) is 3.64. The van der Waals surface area contributed by atoms with Gasteiger partial charge < -0.3 is 20.5 Å². The summed E-state index contributed by atoms with van der Waals surface area (Å²) in [6.07, 6.45) is 2.02. The first-order valence-corrected chi connectivity index (χ1v) is 10.0. The number of nitrogens with one attached hydrogen (secondary N) is 3. The fourth-order valence-corrected chi connectivity index (χ4v) is 3.64. The van der Waals surface area contributed by atoms with E-state index in [1.54, 1.807) is 4.90 Å². The molecule has 0 saturated carbocycles. The Hall–Kier alpha value is -3.35. The van der Waals surface area contributed by atoms with Gasteiger partial charge in [0.2, 0.25) is 5.91 Å². The molecule has 4 rings (SSSR count). The average Bonchev–Trinajstić information content (AvgIpc) is 3.17. The summed E-state index contributed by atoms with van der Waals surface area (Å²) < 4.78 is 0. The van der Waals surface area contributed by atoms with Crippen molar-refractivity contribution in [3.05, 3.63) is 60.4 Å². The van der Waals surface area contributed by atoms with Crippen LogP contribution in [0.4, 0.5) is 10.5 Å². The van der Waals surface area contributed by atoms with E-state index in [0.717, 1.165) is 22.5 Å². The van der Waals surface area contributed by atoms with Crippen LogP contribution in [0.2, 0.25) is 0 Å². The first kappa shape index (κ1) is 19.0. The van der Waals surface area contributed by atoms with Crippen LogP contribution in [0.1, 0.15) is 18.7 Å². The van der Waals surface area contributed by atoms with Crippen LogP contribution in [0.25, 0.3) is 11.0 Å². The van der Waals surface area contributed by atoms with Gasteiger partial charge in [-0.15, -0.1) is 0 Å². The number of para-hydroxylation sites is 3. The maximum Gasteiger partial charge on any atom is 0.321 e. The lowest BCUT2D eigenvalue weighted by Crippen LogP contribution is -2.44. The SMILES string of the molecule is O=C(NCCc1nc2ccccc2[nH]1)C1CCN(C(=O)Nc2ccccc2)CC1. The van der Waals surface area contributed by atoms with Crippen molar-refractivity contribution in [3.8, 4) is 0 Å². The lowest BCUT2D eigenvalue weighted by molar-refractivity contribution is -0.126. The molecule has 150 valence electrons. The molecule has 0 aliphatic carbocycles. The molecular formula is C22H25N5O2. The number of fused-ring (bicyclic) bond motifs is 1. The number of carbonyl (C=O) groups excluding carboxylic acids is 2. The Labute approximate surface area is 169 Å². The molecule has 29 heavy (non-hydrogen) atoms. The van der Waals surface area contributed by atoms with E-state index in [-0.39, 0.29) is 17.9 Å². The molecule has 1 aromatic heterocycles. The van der Waals surface area contributed by atoms with Crippen LogP contribution < -0.4 is 10.6 Å². The van der Waals surface area contributed by atoms with E-state index < -0.39 is 0 Å². The molecule has 0 atom stereocenters. The first-order valence-electron chi connectivity index (χ1n) is 10.0. The summed E-state index contributed by atoms with van der Waals surface area (Å²) in [5, 5.41) is 5.91. The number of hydrogen-bond acceptors (Lipinski definition) is 3. The van der Waals surface area contributed by atoms with Gasteiger partial charge in [0.05, 0.1) is 11.0 Å². The number of amides is 3. The molecule has 7 heteroatoms. The highest BCUT2D eigenvalue weighted by Gasteiger charge is 2.27. The molecule has 1 aliphatic rings. The monoisotopic (exact) mass is 391 g/mol. The highest BCUT2D eigenvalue weighted by Crippen LogP contribution is 2.18. The predicted molar refractivity (Wildman–Crippen MR) is 113 cm³/mol. The molecule has 2 aromatic carbocycles. The molecule has 2 heterocycles. The van der Waals surface area contributed by atoms with Crippen molar-refractivity contribution in [1.29, 1.82) is 0 Å². The van der Waals surface area contributed by atoms with Crippen LogP contribution in [-0.2, 0) is 11.2 Å². The molecule has 0 radical (unpaired) electrons. The average molecular weight is 391 g/mol. The Kier molecular flexibility index (Phi) is 5.74. The van der Waals surface area contributed by atoms with E-state index in [9.17, 15) is 9.59 Å². The first-order chi connectivity index (χ1) is 14.2. The van der Waals surface area contributed by atoms with Gasteiger partial charge in [0.15, 0.2) is 0 Å². The van der Waals surface area contributed by atoms with Gasteiger partial charge >= 0.3 is 6.03 Å². The summed E-state index contributed by atoms with van der Waals surface area (Å²) in [5.41, 5.74) is 2.73. The standard InChI is InChI=1S/C22H25N5O2/c28-21(23-13-10-20-25-18-8-4-5-9-19(18)26-20)16-11-14-27(15-12-16)22(29)24-17-6-2-1-3-7-17/h1-9,16H,10-15H2,(H,23,28)(H,24,29)(H,25,26). The second kappa shape index (κ2) is 8.77. The summed E-state index contributed by atoms with van der Waals surface area (Å²) in [6.45, 7) is 1.72. The topological polar surface area (TPSA) is 90.1 Å². The molecule has 1 aliphatic heterocycles. The minimum absolute atomic E-state index is 0.0496. The third-order valence-electron chi connectivity index (χ3n) is 5.28. The number of imidazole rings is 1. The fraction of sp³-hybridized carbons (Fsp3) is 0.318. The zero-order valence-corrected chi connectivity index (χ0v) is 16.2. The molecule has 3 aromatic rings. The number of benzene rings is 2. The molecule has 0 bridgehead atoms. The van der Waals surface area contributed by atoms with Gasteiger partial charge in [0, 0.05) is 37.7 Å². The molecular weight excluding hydrogens is 366 g/mol. The zero-order valence-electron chi connectivity index (χ0n) is 16.2. The number of nitrogens with zero attached hydrogens (tertiary/aromatic N) is 2. The van der Waals surface area contributed by atoms with E-state index in [1.807, 2.05) is 54.6 Å². The number of hydrogen-bond donors (Lipinski definition) is 3. The van der Waals surface area contributed by atoms with Crippen molar-refractivity contribution in [2.45, 2.75) is 19.3 Å². The van der Waals surface area contributed by atoms with Crippen molar-refractivity contribution in [1.82, 2.24) is 20.2 Å². The second-order valence-electron chi connectivity index (χ2n) is 7.30. The molecule has 3 amide bonds. The Morgan fingerprint density at radius 1 is 1.03 bits per heavy atom. The van der Waals surface area contributed by atoms with E-state index in [0.29, 0.717) is 38.9 Å². The van der Waals surface area contributed by atoms with Gasteiger partial charge in [-0.25, -0.2) is 9.78 Å². The summed E-state index contributed by atoms with van der Waals surface area (Å²) >= 11 is 0. The number of aromatic amines is 1. The van der Waals surface area contributed by atoms with E-state index in [2.05, 4.69) is 20.6 Å². The van der Waals surface area contributed by atoms with Crippen molar-refractivity contribution < 1.29 is 9.59 Å². The van der Waals surface area contributed by atoms with Crippen LogP contribution in [0.15, 0.2) is 54.6 Å². The Bertz CT molecular complexity index is 944. The number of H-pyrrole nitrogens is 1. The van der Waals surface area contributed by atoms with Crippen LogP contribution in [0.3, 0.4) is 0 Å².